The monoisotopic (exact) mass is 565 g/mol. The van der Waals surface area contributed by atoms with Gasteiger partial charge < -0.3 is 0 Å². The third kappa shape index (κ3) is 8.18. The molecule has 0 aliphatic heterocycles. The topological polar surface area (TPSA) is 31.4 Å². The number of hydrogen-bond donors (Lipinski definition) is 0. The molecule has 36 heavy (non-hydrogen) atoms. The zero-order valence-corrected chi connectivity index (χ0v) is 26.5. The van der Waals surface area contributed by atoms with Gasteiger partial charge in [0.15, 0.2) is 0 Å². The first-order valence-electron chi connectivity index (χ1n) is 12.0. The molecule has 196 valence electrons. The quantitative estimate of drug-likeness (QED) is 0.290. The SMILES string of the molecule is Cc1ccc([O][Ti](=[CH]c2nccc(C)c2C)[O]c2ccc(C)cc2C(C)(C)C)c(C(C)(C)C)c1.Cl.Cl. The number of hydrogen-bond acceptors (Lipinski definition) is 3. The summed E-state index contributed by atoms with van der Waals surface area (Å²) in [7, 11) is 0. The molecule has 0 unspecified atom stereocenters. The number of rotatable bonds is 5. The van der Waals surface area contributed by atoms with Crippen LogP contribution in [0.2, 0.25) is 0 Å². The minimum Gasteiger partial charge on any atom is -0.147 e. The van der Waals surface area contributed by atoms with Gasteiger partial charge in [-0.1, -0.05) is 0 Å². The normalized spacial score (nSPS) is 11.2. The van der Waals surface area contributed by atoms with E-state index in [1.165, 1.54) is 33.4 Å². The van der Waals surface area contributed by atoms with Crippen molar-refractivity contribution in [3.63, 3.8) is 0 Å². The van der Waals surface area contributed by atoms with Crippen LogP contribution in [0.15, 0.2) is 48.7 Å². The van der Waals surface area contributed by atoms with E-state index in [1.54, 1.807) is 0 Å². The van der Waals surface area contributed by atoms with Gasteiger partial charge in [-0.2, -0.15) is 0 Å². The second kappa shape index (κ2) is 12.7. The van der Waals surface area contributed by atoms with E-state index < -0.39 is 18.2 Å². The van der Waals surface area contributed by atoms with E-state index in [0.29, 0.717) is 0 Å². The van der Waals surface area contributed by atoms with Crippen molar-refractivity contribution in [2.24, 2.45) is 0 Å². The maximum absolute atomic E-state index is 6.78. The summed E-state index contributed by atoms with van der Waals surface area (Å²) in [6.07, 6.45) is 1.86. The molecule has 1 heterocycles. The molecule has 3 aromatic rings. The average Bonchev–Trinajstić information content (AvgIpc) is 2.72. The van der Waals surface area contributed by atoms with Crippen LogP contribution in [-0.4, -0.2) is 9.30 Å². The first-order valence-corrected chi connectivity index (χ1v) is 14.2. The van der Waals surface area contributed by atoms with E-state index in [2.05, 4.69) is 115 Å². The molecule has 0 amide bonds. The number of aromatic nitrogens is 1. The molecule has 0 saturated carbocycles. The first kappa shape index (κ1) is 32.4. The van der Waals surface area contributed by atoms with Gasteiger partial charge >= 0.3 is 213 Å². The Morgan fingerprint density at radius 2 is 1.14 bits per heavy atom. The maximum Gasteiger partial charge on any atom is -0.147 e. The van der Waals surface area contributed by atoms with Crippen molar-refractivity contribution in [1.82, 2.24) is 4.98 Å². The van der Waals surface area contributed by atoms with Crippen LogP contribution in [0.25, 0.3) is 0 Å². The van der Waals surface area contributed by atoms with Crippen LogP contribution in [0.4, 0.5) is 0 Å². The summed E-state index contributed by atoms with van der Waals surface area (Å²) in [5.41, 5.74) is 8.11. The zero-order valence-electron chi connectivity index (χ0n) is 23.3. The van der Waals surface area contributed by atoms with Crippen LogP contribution in [0.1, 0.15) is 80.6 Å². The summed E-state index contributed by atoms with van der Waals surface area (Å²) in [6, 6.07) is 14.9. The maximum atomic E-state index is 6.78. The summed E-state index contributed by atoms with van der Waals surface area (Å²) >= 11 is -2.73. The van der Waals surface area contributed by atoms with Gasteiger partial charge in [-0.25, -0.2) is 0 Å². The molecule has 2 aromatic carbocycles. The summed E-state index contributed by atoms with van der Waals surface area (Å²) in [5.74, 6) is 1.80. The van der Waals surface area contributed by atoms with Crippen molar-refractivity contribution in [2.45, 2.75) is 80.1 Å². The summed E-state index contributed by atoms with van der Waals surface area (Å²) in [6.45, 7) is 21.8. The van der Waals surface area contributed by atoms with Gasteiger partial charge in [0.05, 0.1) is 0 Å². The molecule has 3 nitrogen and oxygen atoms in total. The Kier molecular flexibility index (Phi) is 11.5. The summed E-state index contributed by atoms with van der Waals surface area (Å²) in [4.78, 5) is 4.66. The van der Waals surface area contributed by atoms with Crippen molar-refractivity contribution in [1.29, 1.82) is 0 Å². The van der Waals surface area contributed by atoms with Crippen LogP contribution < -0.4 is 6.64 Å². The Balaban J connectivity index is 0.00000324. The molecule has 0 aliphatic rings. The van der Waals surface area contributed by atoms with E-state index in [0.717, 1.165) is 17.2 Å². The Morgan fingerprint density at radius 3 is 1.56 bits per heavy atom. The van der Waals surface area contributed by atoms with Gasteiger partial charge in [0.25, 0.3) is 0 Å². The van der Waals surface area contributed by atoms with Crippen molar-refractivity contribution in [2.75, 3.05) is 0 Å². The summed E-state index contributed by atoms with van der Waals surface area (Å²) < 4.78 is 15.7. The number of benzene rings is 2. The molecule has 0 N–H and O–H groups in total. The Hall–Kier alpha value is -1.65. The van der Waals surface area contributed by atoms with E-state index in [4.69, 9.17) is 6.64 Å². The smallest absolute Gasteiger partial charge is 0.147 e. The molecule has 0 radical (unpaired) electrons. The fourth-order valence-electron chi connectivity index (χ4n) is 3.84. The van der Waals surface area contributed by atoms with Gasteiger partial charge in [0, 0.05) is 0 Å². The molecule has 0 bridgehead atoms. The number of nitrogens with zero attached hydrogens (tertiary/aromatic N) is 1. The fourth-order valence-corrected chi connectivity index (χ4v) is 6.13. The fraction of sp³-hybridized carbons (Fsp3) is 0.400. The Morgan fingerprint density at radius 1 is 0.694 bits per heavy atom. The molecule has 0 saturated heterocycles. The average molecular weight is 566 g/mol. The molecule has 0 fully saturated rings. The second-order valence-corrected chi connectivity index (χ2v) is 13.4. The van der Waals surface area contributed by atoms with Crippen LogP contribution in [0.3, 0.4) is 0 Å². The molecular formula is C30H41Cl2NO2Ti. The van der Waals surface area contributed by atoms with Gasteiger partial charge in [-0.05, 0) is 0 Å². The van der Waals surface area contributed by atoms with Gasteiger partial charge in [0.1, 0.15) is 0 Å². The standard InChI is InChI=1S/2C11H16O.C8H9N.2ClH.Ti/c2*1-8-5-6-10(12)9(7-8)11(2,3)4;1-6-4-5-9-8(3)7(6)2;;;/h2*5-7,12H,1-4H3;3-5H,1-2H3;2*1H;/q;;;;;+2/p-2. The third-order valence-electron chi connectivity index (χ3n) is 6.08. The molecule has 0 spiro atoms. The Labute approximate surface area is 237 Å². The minimum atomic E-state index is -2.73. The first-order chi connectivity index (χ1) is 15.8. The molecule has 6 heteroatoms. The Bertz CT molecular complexity index is 1160. The number of aryl methyl sites for hydroxylation is 3. The third-order valence-corrected chi connectivity index (χ3v) is 8.19. The largest absolute Gasteiger partial charge is 0.147 e. The predicted octanol–water partition coefficient (Wildman–Crippen LogP) is 8.51. The predicted molar refractivity (Wildman–Crippen MR) is 154 cm³/mol. The minimum absolute atomic E-state index is 0. The molecule has 3 rings (SSSR count). The van der Waals surface area contributed by atoms with Crippen molar-refractivity contribution in [3.8, 4) is 11.5 Å². The van der Waals surface area contributed by atoms with Gasteiger partial charge in [-0.15, -0.1) is 24.8 Å². The van der Waals surface area contributed by atoms with Crippen molar-refractivity contribution >= 4 is 29.1 Å². The van der Waals surface area contributed by atoms with E-state index in [-0.39, 0.29) is 35.6 Å². The van der Waals surface area contributed by atoms with Crippen LogP contribution in [-0.2, 0) is 29.0 Å². The van der Waals surface area contributed by atoms with Crippen LogP contribution in [0.5, 0.6) is 11.5 Å². The van der Waals surface area contributed by atoms with E-state index in [9.17, 15) is 0 Å². The molecule has 0 aliphatic carbocycles. The summed E-state index contributed by atoms with van der Waals surface area (Å²) in [5, 5.41) is 0. The zero-order chi connectivity index (χ0) is 25.3. The van der Waals surface area contributed by atoms with E-state index in [1.807, 2.05) is 12.3 Å². The van der Waals surface area contributed by atoms with Crippen LogP contribution >= 0.6 is 24.8 Å². The molecular weight excluding hydrogens is 525 g/mol. The second-order valence-electron chi connectivity index (χ2n) is 11.3. The van der Waals surface area contributed by atoms with Gasteiger partial charge in [-0.3, -0.25) is 0 Å². The van der Waals surface area contributed by atoms with Crippen molar-refractivity contribution in [3.05, 3.63) is 87.7 Å². The van der Waals surface area contributed by atoms with Crippen molar-refractivity contribution < 1.29 is 24.8 Å². The van der Waals surface area contributed by atoms with Gasteiger partial charge in [0.2, 0.25) is 0 Å². The molecule has 0 atom stereocenters. The molecule has 1 aromatic heterocycles. The van der Waals surface area contributed by atoms with E-state index >= 15 is 0 Å². The van der Waals surface area contributed by atoms with Crippen LogP contribution in [0, 0.1) is 27.7 Å². The number of pyridine rings is 1. The number of halogens is 2.